The third-order valence-corrected chi connectivity index (χ3v) is 7.07. The van der Waals surface area contributed by atoms with Crippen LogP contribution in [0.1, 0.15) is 31.1 Å². The van der Waals surface area contributed by atoms with E-state index in [1.807, 2.05) is 0 Å². The summed E-state index contributed by atoms with van der Waals surface area (Å²) in [6.45, 7) is 0. The van der Waals surface area contributed by atoms with Crippen molar-refractivity contribution in [2.75, 3.05) is 0 Å². The standard InChI is InChI=1S/C29H18N4O7/c34-27-20-8-4-5-9-21(20)28(35)31(27)26(14-17-6-2-1-3-7-17)29(36)30-24-12-10-18(32(37)38)15-22(24)23-16-19(33(39)40)11-13-25(23)30/h1-13,15-16,26H,14H2. The summed E-state index contributed by atoms with van der Waals surface area (Å²) in [7, 11) is 0. The summed E-state index contributed by atoms with van der Waals surface area (Å²) in [5.74, 6) is -1.86. The average Bonchev–Trinajstić information content (AvgIpc) is 3.42. The molecule has 0 saturated heterocycles. The molecule has 1 atom stereocenters. The molecule has 2 amide bonds. The summed E-state index contributed by atoms with van der Waals surface area (Å²) in [6.07, 6.45) is 0.00622. The normalized spacial score (nSPS) is 13.6. The second-order valence-corrected chi connectivity index (χ2v) is 9.32. The zero-order chi connectivity index (χ0) is 28.1. The van der Waals surface area contributed by atoms with Crippen molar-refractivity contribution in [3.63, 3.8) is 0 Å². The molecular weight excluding hydrogens is 516 g/mol. The molecule has 0 bridgehead atoms. The minimum absolute atomic E-state index is 0.00622. The zero-order valence-corrected chi connectivity index (χ0v) is 20.6. The van der Waals surface area contributed by atoms with Gasteiger partial charge in [-0.3, -0.25) is 44.1 Å². The van der Waals surface area contributed by atoms with Crippen LogP contribution in [0.25, 0.3) is 21.8 Å². The number of benzene rings is 4. The number of imide groups is 1. The maximum Gasteiger partial charge on any atom is 0.270 e. The number of non-ortho nitro benzene ring substituents is 2. The summed E-state index contributed by atoms with van der Waals surface area (Å²) in [4.78, 5) is 64.2. The van der Waals surface area contributed by atoms with Crippen LogP contribution in [0, 0.1) is 20.2 Å². The number of carbonyl (C=O) groups is 3. The molecule has 2 heterocycles. The average molecular weight is 534 g/mol. The lowest BCUT2D eigenvalue weighted by Gasteiger charge is -2.26. The topological polar surface area (TPSA) is 146 Å². The molecule has 0 fully saturated rings. The molecule has 196 valence electrons. The minimum Gasteiger partial charge on any atom is -0.278 e. The van der Waals surface area contributed by atoms with Crippen molar-refractivity contribution in [3.8, 4) is 0 Å². The highest BCUT2D eigenvalue weighted by molar-refractivity contribution is 6.24. The maximum atomic E-state index is 14.5. The highest BCUT2D eigenvalue weighted by atomic mass is 16.6. The molecule has 11 nitrogen and oxygen atoms in total. The third kappa shape index (κ3) is 3.79. The molecule has 0 radical (unpaired) electrons. The fourth-order valence-electron chi connectivity index (χ4n) is 5.23. The molecule has 0 aliphatic carbocycles. The van der Waals surface area contributed by atoms with Crippen LogP contribution in [0.2, 0.25) is 0 Å². The van der Waals surface area contributed by atoms with Gasteiger partial charge in [0.15, 0.2) is 0 Å². The Kier molecular flexibility index (Phi) is 5.69. The Bertz CT molecular complexity index is 1810. The van der Waals surface area contributed by atoms with Gasteiger partial charge in [-0.05, 0) is 29.8 Å². The van der Waals surface area contributed by atoms with E-state index in [4.69, 9.17) is 0 Å². The van der Waals surface area contributed by atoms with Crippen LogP contribution in [0.15, 0.2) is 91.0 Å². The van der Waals surface area contributed by atoms with Gasteiger partial charge in [-0.1, -0.05) is 42.5 Å². The molecule has 0 spiro atoms. The Morgan fingerprint density at radius 3 is 1.65 bits per heavy atom. The number of hydrogen-bond donors (Lipinski definition) is 0. The molecule has 40 heavy (non-hydrogen) atoms. The highest BCUT2D eigenvalue weighted by Crippen LogP contribution is 2.35. The Labute approximate surface area is 225 Å². The number of rotatable bonds is 6. The quantitative estimate of drug-likeness (QED) is 0.166. The highest BCUT2D eigenvalue weighted by Gasteiger charge is 2.43. The van der Waals surface area contributed by atoms with Crippen molar-refractivity contribution in [1.29, 1.82) is 0 Å². The lowest BCUT2D eigenvalue weighted by atomic mass is 10.0. The summed E-state index contributed by atoms with van der Waals surface area (Å²) < 4.78 is 1.27. The van der Waals surface area contributed by atoms with Gasteiger partial charge in [-0.2, -0.15) is 0 Å². The summed E-state index contributed by atoms with van der Waals surface area (Å²) >= 11 is 0. The Hall–Kier alpha value is -5.71. The molecule has 5 aromatic rings. The number of amides is 2. The van der Waals surface area contributed by atoms with Crippen LogP contribution < -0.4 is 0 Å². The monoisotopic (exact) mass is 534 g/mol. The molecule has 1 aliphatic rings. The molecule has 4 aromatic carbocycles. The van der Waals surface area contributed by atoms with E-state index in [0.717, 1.165) is 4.90 Å². The van der Waals surface area contributed by atoms with E-state index >= 15 is 0 Å². The van der Waals surface area contributed by atoms with Crippen molar-refractivity contribution in [1.82, 2.24) is 9.47 Å². The Balaban J connectivity index is 1.57. The largest absolute Gasteiger partial charge is 0.278 e. The summed E-state index contributed by atoms with van der Waals surface area (Å²) in [5.41, 5.74) is 1.06. The summed E-state index contributed by atoms with van der Waals surface area (Å²) in [5, 5.41) is 23.5. The second kappa shape index (κ2) is 9.24. The number of hydrogen-bond acceptors (Lipinski definition) is 7. The van der Waals surface area contributed by atoms with Crippen LogP contribution in [0.4, 0.5) is 11.4 Å². The lowest BCUT2D eigenvalue weighted by Crippen LogP contribution is -2.48. The van der Waals surface area contributed by atoms with E-state index in [1.54, 1.807) is 42.5 Å². The van der Waals surface area contributed by atoms with E-state index < -0.39 is 33.6 Å². The Morgan fingerprint density at radius 1 is 0.700 bits per heavy atom. The van der Waals surface area contributed by atoms with Crippen LogP contribution in [-0.4, -0.2) is 43.1 Å². The van der Waals surface area contributed by atoms with Crippen molar-refractivity contribution in [2.24, 2.45) is 0 Å². The molecule has 1 aromatic heterocycles. The van der Waals surface area contributed by atoms with Gasteiger partial charge >= 0.3 is 0 Å². The van der Waals surface area contributed by atoms with E-state index in [2.05, 4.69) is 0 Å². The van der Waals surface area contributed by atoms with Crippen LogP contribution in [0.5, 0.6) is 0 Å². The minimum atomic E-state index is -1.28. The zero-order valence-electron chi connectivity index (χ0n) is 20.6. The van der Waals surface area contributed by atoms with Crippen molar-refractivity contribution in [3.05, 3.63) is 128 Å². The Morgan fingerprint density at radius 2 is 1.18 bits per heavy atom. The predicted octanol–water partition coefficient (Wildman–Crippen LogP) is 5.16. The molecule has 11 heteroatoms. The molecule has 1 unspecified atom stereocenters. The number of carbonyl (C=O) groups excluding carboxylic acids is 3. The smallest absolute Gasteiger partial charge is 0.270 e. The molecule has 6 rings (SSSR count). The van der Waals surface area contributed by atoms with Gasteiger partial charge < -0.3 is 0 Å². The van der Waals surface area contributed by atoms with Gasteiger partial charge in [-0.15, -0.1) is 0 Å². The summed E-state index contributed by atoms with van der Waals surface area (Å²) in [6, 6.07) is 21.7. The van der Waals surface area contributed by atoms with E-state index in [-0.39, 0.29) is 50.7 Å². The van der Waals surface area contributed by atoms with E-state index in [1.165, 1.54) is 53.1 Å². The van der Waals surface area contributed by atoms with Crippen LogP contribution >= 0.6 is 0 Å². The first-order chi connectivity index (χ1) is 19.3. The number of nitrogens with zero attached hydrogens (tertiary/aromatic N) is 4. The number of nitro benzene ring substituents is 2. The van der Waals surface area contributed by atoms with Crippen LogP contribution in [-0.2, 0) is 6.42 Å². The van der Waals surface area contributed by atoms with Crippen molar-refractivity contribution >= 4 is 50.9 Å². The van der Waals surface area contributed by atoms with Gasteiger partial charge in [-0.25, -0.2) is 0 Å². The molecular formula is C29H18N4O7. The first-order valence-corrected chi connectivity index (χ1v) is 12.2. The predicted molar refractivity (Wildman–Crippen MR) is 144 cm³/mol. The van der Waals surface area contributed by atoms with Crippen LogP contribution in [0.3, 0.4) is 0 Å². The van der Waals surface area contributed by atoms with Gasteiger partial charge in [0, 0.05) is 41.5 Å². The fraction of sp³-hybridized carbons (Fsp3) is 0.0690. The van der Waals surface area contributed by atoms with Gasteiger partial charge in [0.1, 0.15) is 6.04 Å². The van der Waals surface area contributed by atoms with Gasteiger partial charge in [0.05, 0.1) is 32.0 Å². The number of aromatic nitrogens is 1. The van der Waals surface area contributed by atoms with Crippen molar-refractivity contribution in [2.45, 2.75) is 12.5 Å². The van der Waals surface area contributed by atoms with Gasteiger partial charge in [0.25, 0.3) is 29.1 Å². The fourth-order valence-corrected chi connectivity index (χ4v) is 5.23. The first kappa shape index (κ1) is 24.6. The van der Waals surface area contributed by atoms with Gasteiger partial charge in [0.2, 0.25) is 0 Å². The first-order valence-electron chi connectivity index (χ1n) is 12.2. The third-order valence-electron chi connectivity index (χ3n) is 7.07. The van der Waals surface area contributed by atoms with E-state index in [9.17, 15) is 34.6 Å². The van der Waals surface area contributed by atoms with Crippen molar-refractivity contribution < 1.29 is 24.2 Å². The lowest BCUT2D eigenvalue weighted by molar-refractivity contribution is -0.385. The maximum absolute atomic E-state index is 14.5. The second-order valence-electron chi connectivity index (χ2n) is 9.32. The molecule has 1 aliphatic heterocycles. The number of fused-ring (bicyclic) bond motifs is 4. The SMILES string of the molecule is O=C1c2ccccc2C(=O)N1C(Cc1ccccc1)C(=O)n1c2ccc([N+](=O)[O-])cc2c2cc([N+](=O)[O-])ccc21. The molecule has 0 N–H and O–H groups in total. The van der Waals surface area contributed by atoms with E-state index in [0.29, 0.717) is 5.56 Å². The number of nitro groups is 2. The molecule has 0 saturated carbocycles.